The average molecular weight is 294 g/mol. The van der Waals surface area contributed by atoms with Crippen molar-refractivity contribution >= 4 is 17.7 Å². The molecule has 1 N–H and O–H groups in total. The molecule has 0 fully saturated rings. The second-order valence-electron chi connectivity index (χ2n) is 3.78. The molecule has 0 aliphatic carbocycles. The van der Waals surface area contributed by atoms with Gasteiger partial charge in [0.2, 0.25) is 11.0 Å². The van der Waals surface area contributed by atoms with Gasteiger partial charge in [-0.15, -0.1) is 5.10 Å². The van der Waals surface area contributed by atoms with Crippen LogP contribution < -0.4 is 10.1 Å². The van der Waals surface area contributed by atoms with Crippen LogP contribution >= 0.6 is 11.8 Å². The van der Waals surface area contributed by atoms with Gasteiger partial charge in [0.25, 0.3) is 5.91 Å². The van der Waals surface area contributed by atoms with Crippen LogP contribution in [0.25, 0.3) is 0 Å². The van der Waals surface area contributed by atoms with Crippen LogP contribution in [-0.4, -0.2) is 50.5 Å². The number of methoxy groups -OCH3 is 1. The summed E-state index contributed by atoms with van der Waals surface area (Å²) in [6.07, 6.45) is 1.48. The van der Waals surface area contributed by atoms with Gasteiger partial charge in [-0.3, -0.25) is 4.79 Å². The number of nitrogens with zero attached hydrogens (tertiary/aromatic N) is 5. The van der Waals surface area contributed by atoms with Crippen molar-refractivity contribution in [2.75, 3.05) is 19.4 Å². The molecule has 2 aromatic rings. The Bertz CT molecular complexity index is 571. The molecule has 0 aliphatic rings. The third kappa shape index (κ3) is 3.67. The lowest BCUT2D eigenvalue weighted by atomic mass is 10.2. The van der Waals surface area contributed by atoms with E-state index in [1.54, 1.807) is 23.9 Å². The van der Waals surface area contributed by atoms with Crippen LogP contribution in [0.4, 0.5) is 0 Å². The number of aryl methyl sites for hydroxylation is 1. The van der Waals surface area contributed by atoms with Crippen molar-refractivity contribution in [2.24, 2.45) is 7.05 Å². The summed E-state index contributed by atoms with van der Waals surface area (Å²) in [7, 11) is 3.30. The van der Waals surface area contributed by atoms with Crippen LogP contribution in [-0.2, 0) is 7.05 Å². The zero-order valence-corrected chi connectivity index (χ0v) is 11.9. The molecule has 0 aliphatic heterocycles. The van der Waals surface area contributed by atoms with Gasteiger partial charge < -0.3 is 10.1 Å². The molecule has 20 heavy (non-hydrogen) atoms. The quantitative estimate of drug-likeness (QED) is 0.598. The van der Waals surface area contributed by atoms with E-state index in [9.17, 15) is 4.79 Å². The van der Waals surface area contributed by atoms with Crippen LogP contribution in [0.3, 0.4) is 0 Å². The highest BCUT2D eigenvalue weighted by atomic mass is 32.2. The maximum atomic E-state index is 11.8. The highest BCUT2D eigenvalue weighted by molar-refractivity contribution is 7.99. The lowest BCUT2D eigenvalue weighted by Crippen LogP contribution is -2.25. The van der Waals surface area contributed by atoms with Gasteiger partial charge in [0.1, 0.15) is 0 Å². The number of carbonyl (C=O) groups excluding carboxylic acids is 1. The fourth-order valence-corrected chi connectivity index (χ4v) is 2.09. The summed E-state index contributed by atoms with van der Waals surface area (Å²) in [5.74, 6) is 0.993. The van der Waals surface area contributed by atoms with E-state index in [4.69, 9.17) is 4.74 Å². The molecule has 0 saturated heterocycles. The number of pyridine rings is 1. The fourth-order valence-electron chi connectivity index (χ4n) is 1.39. The number of rotatable bonds is 6. The molecule has 8 nitrogen and oxygen atoms in total. The number of thioether (sulfide) groups is 1. The topological polar surface area (TPSA) is 94.8 Å². The summed E-state index contributed by atoms with van der Waals surface area (Å²) >= 11 is 1.47. The zero-order valence-electron chi connectivity index (χ0n) is 11.1. The van der Waals surface area contributed by atoms with Crippen molar-refractivity contribution in [1.82, 2.24) is 30.5 Å². The molecule has 2 heterocycles. The van der Waals surface area contributed by atoms with Crippen LogP contribution in [0, 0.1) is 0 Å². The van der Waals surface area contributed by atoms with Gasteiger partial charge in [-0.2, -0.15) is 0 Å². The van der Waals surface area contributed by atoms with E-state index in [1.165, 1.54) is 25.1 Å². The molecule has 1 amide bonds. The van der Waals surface area contributed by atoms with Crippen molar-refractivity contribution in [3.63, 3.8) is 0 Å². The van der Waals surface area contributed by atoms with Crippen LogP contribution in [0.5, 0.6) is 5.88 Å². The number of hydrogen-bond donors (Lipinski definition) is 1. The third-order valence-corrected chi connectivity index (χ3v) is 3.42. The molecule has 0 atom stereocenters. The highest BCUT2D eigenvalue weighted by Gasteiger charge is 2.07. The molecule has 106 valence electrons. The first-order valence-corrected chi connectivity index (χ1v) is 6.82. The lowest BCUT2D eigenvalue weighted by Gasteiger charge is -2.05. The van der Waals surface area contributed by atoms with Crippen molar-refractivity contribution in [3.05, 3.63) is 23.9 Å². The van der Waals surface area contributed by atoms with E-state index in [1.807, 2.05) is 0 Å². The second kappa shape index (κ2) is 6.85. The summed E-state index contributed by atoms with van der Waals surface area (Å²) in [6, 6.07) is 3.32. The monoisotopic (exact) mass is 294 g/mol. The zero-order chi connectivity index (χ0) is 14.4. The Kier molecular flexibility index (Phi) is 4.88. The van der Waals surface area contributed by atoms with Gasteiger partial charge in [-0.25, -0.2) is 9.67 Å². The molecule has 9 heteroatoms. The molecule has 0 saturated carbocycles. The van der Waals surface area contributed by atoms with Gasteiger partial charge >= 0.3 is 0 Å². The summed E-state index contributed by atoms with van der Waals surface area (Å²) in [6.45, 7) is 0.516. The van der Waals surface area contributed by atoms with Gasteiger partial charge in [-0.1, -0.05) is 11.8 Å². The molecular formula is C11H14N6O2S. The maximum absolute atomic E-state index is 11.8. The van der Waals surface area contributed by atoms with Gasteiger partial charge in [-0.05, 0) is 16.5 Å². The molecular weight excluding hydrogens is 280 g/mol. The average Bonchev–Trinajstić information content (AvgIpc) is 2.89. The Balaban J connectivity index is 1.76. The fraction of sp³-hybridized carbons (Fsp3) is 0.364. The molecule has 0 radical (unpaired) electrons. The lowest BCUT2D eigenvalue weighted by molar-refractivity contribution is 0.0955. The smallest absolute Gasteiger partial charge is 0.252 e. The number of nitrogens with one attached hydrogen (secondary N) is 1. The molecule has 0 spiro atoms. The van der Waals surface area contributed by atoms with E-state index >= 15 is 0 Å². The molecule has 0 bridgehead atoms. The Morgan fingerprint density at radius 2 is 2.35 bits per heavy atom. The Morgan fingerprint density at radius 1 is 1.50 bits per heavy atom. The predicted molar refractivity (Wildman–Crippen MR) is 72.6 cm³/mol. The van der Waals surface area contributed by atoms with Crippen LogP contribution in [0.2, 0.25) is 0 Å². The predicted octanol–water partition coefficient (Wildman–Crippen LogP) is 0.136. The van der Waals surface area contributed by atoms with Gasteiger partial charge in [0.05, 0.1) is 12.7 Å². The highest BCUT2D eigenvalue weighted by Crippen LogP contribution is 2.11. The molecule has 2 aromatic heterocycles. The van der Waals surface area contributed by atoms with E-state index in [-0.39, 0.29) is 5.91 Å². The minimum absolute atomic E-state index is 0.170. The number of ether oxygens (including phenoxy) is 1. The second-order valence-corrected chi connectivity index (χ2v) is 4.84. The minimum atomic E-state index is -0.170. The first-order valence-electron chi connectivity index (χ1n) is 5.84. The molecule has 0 aromatic carbocycles. The SMILES string of the molecule is COc1ccc(C(=O)NCCSc2nnnn2C)cn1. The molecule has 2 rings (SSSR count). The number of tetrazole rings is 1. The van der Waals surface area contributed by atoms with E-state index in [0.717, 1.165) is 0 Å². The summed E-state index contributed by atoms with van der Waals surface area (Å²) in [5, 5.41) is 14.6. The Morgan fingerprint density at radius 3 is 2.95 bits per heavy atom. The first-order chi connectivity index (χ1) is 9.70. The van der Waals surface area contributed by atoms with Crippen molar-refractivity contribution in [2.45, 2.75) is 5.16 Å². The summed E-state index contributed by atoms with van der Waals surface area (Å²) < 4.78 is 6.52. The Hall–Kier alpha value is -2.16. The van der Waals surface area contributed by atoms with Crippen LogP contribution in [0.1, 0.15) is 10.4 Å². The number of amides is 1. The third-order valence-electron chi connectivity index (χ3n) is 2.41. The normalized spacial score (nSPS) is 10.3. The van der Waals surface area contributed by atoms with E-state index < -0.39 is 0 Å². The van der Waals surface area contributed by atoms with Gasteiger partial charge in [0.15, 0.2) is 0 Å². The van der Waals surface area contributed by atoms with E-state index in [2.05, 4.69) is 25.8 Å². The van der Waals surface area contributed by atoms with E-state index in [0.29, 0.717) is 28.9 Å². The Labute approximate surface area is 119 Å². The van der Waals surface area contributed by atoms with Crippen LogP contribution in [0.15, 0.2) is 23.5 Å². The minimum Gasteiger partial charge on any atom is -0.481 e. The standard InChI is InChI=1S/C11H14N6O2S/c1-17-11(14-15-16-17)20-6-5-12-10(18)8-3-4-9(19-2)13-7-8/h3-4,7H,5-6H2,1-2H3,(H,12,18). The van der Waals surface area contributed by atoms with Crippen molar-refractivity contribution < 1.29 is 9.53 Å². The largest absolute Gasteiger partial charge is 0.481 e. The number of aromatic nitrogens is 5. The summed E-state index contributed by atoms with van der Waals surface area (Å²) in [4.78, 5) is 15.8. The maximum Gasteiger partial charge on any atom is 0.252 e. The first kappa shape index (κ1) is 14.3. The van der Waals surface area contributed by atoms with Crippen molar-refractivity contribution in [1.29, 1.82) is 0 Å². The van der Waals surface area contributed by atoms with Gasteiger partial charge in [0, 0.05) is 31.6 Å². The number of hydrogen-bond acceptors (Lipinski definition) is 7. The number of carbonyl (C=O) groups is 1. The molecule has 0 unspecified atom stereocenters. The van der Waals surface area contributed by atoms with Crippen molar-refractivity contribution in [3.8, 4) is 5.88 Å². The summed E-state index contributed by atoms with van der Waals surface area (Å²) in [5.41, 5.74) is 0.496.